The number of aromatic nitrogens is 2. The Labute approximate surface area is 74.5 Å². The Bertz CT molecular complexity index is 303. The third-order valence-corrected chi connectivity index (χ3v) is 1.31. The van der Waals surface area contributed by atoms with Crippen molar-refractivity contribution in [3.63, 3.8) is 0 Å². The highest BCUT2D eigenvalue weighted by Gasteiger charge is 2.06. The maximum Gasteiger partial charge on any atom is 0.293 e. The Morgan fingerprint density at radius 1 is 1.69 bits per heavy atom. The number of carbonyl (C=O) groups excluding carboxylic acids is 1. The Morgan fingerprint density at radius 2 is 2.46 bits per heavy atom. The van der Waals surface area contributed by atoms with Crippen molar-refractivity contribution in [2.75, 3.05) is 7.11 Å². The first-order valence-electron chi connectivity index (χ1n) is 3.53. The molecule has 6 nitrogen and oxygen atoms in total. The number of hydroxylamine groups is 1. The van der Waals surface area contributed by atoms with Gasteiger partial charge in [0.05, 0.1) is 19.4 Å². The minimum absolute atomic E-state index is 0.154. The van der Waals surface area contributed by atoms with Gasteiger partial charge in [-0.05, 0) is 6.07 Å². The van der Waals surface area contributed by atoms with Gasteiger partial charge in [-0.15, -0.1) is 0 Å². The van der Waals surface area contributed by atoms with E-state index < -0.39 is 5.91 Å². The van der Waals surface area contributed by atoms with Crippen LogP contribution >= 0.6 is 0 Å². The van der Waals surface area contributed by atoms with Crippen molar-refractivity contribution < 1.29 is 14.7 Å². The largest absolute Gasteiger partial charge is 0.390 e. The molecule has 0 atom stereocenters. The summed E-state index contributed by atoms with van der Waals surface area (Å²) >= 11 is 0. The number of amides is 1. The highest BCUT2D eigenvalue weighted by molar-refractivity contribution is 5.91. The Balaban J connectivity index is 2.82. The first-order chi connectivity index (χ1) is 6.27. The van der Waals surface area contributed by atoms with Crippen molar-refractivity contribution in [1.82, 2.24) is 15.4 Å². The van der Waals surface area contributed by atoms with E-state index in [9.17, 15) is 4.79 Å². The fraction of sp³-hybridized carbons (Fsp3) is 0.286. The first kappa shape index (κ1) is 9.56. The molecule has 13 heavy (non-hydrogen) atoms. The molecule has 2 N–H and O–H groups in total. The number of aliphatic hydroxyl groups is 1. The summed E-state index contributed by atoms with van der Waals surface area (Å²) in [5, 5.41) is 8.72. The van der Waals surface area contributed by atoms with Crippen molar-refractivity contribution in [2.24, 2.45) is 0 Å². The minimum Gasteiger partial charge on any atom is -0.390 e. The standard InChI is InChI=1S/C7H9N3O3/c1-13-10-7(12)6-2-5(3-11)8-4-9-6/h2,4,11H,3H2,1H3,(H,10,12). The SMILES string of the molecule is CONC(=O)c1cc(CO)ncn1. The van der Waals surface area contributed by atoms with Crippen LogP contribution in [0, 0.1) is 0 Å². The van der Waals surface area contributed by atoms with E-state index in [2.05, 4.69) is 20.3 Å². The minimum atomic E-state index is -0.473. The molecule has 1 amide bonds. The summed E-state index contributed by atoms with van der Waals surface area (Å²) in [6.07, 6.45) is 1.20. The van der Waals surface area contributed by atoms with E-state index in [-0.39, 0.29) is 12.3 Å². The van der Waals surface area contributed by atoms with Crippen LogP contribution in [0.2, 0.25) is 0 Å². The highest BCUT2D eigenvalue weighted by atomic mass is 16.6. The Morgan fingerprint density at radius 3 is 3.08 bits per heavy atom. The number of nitrogens with zero attached hydrogens (tertiary/aromatic N) is 2. The smallest absolute Gasteiger partial charge is 0.293 e. The van der Waals surface area contributed by atoms with Crippen LogP contribution in [0.5, 0.6) is 0 Å². The molecule has 0 aliphatic carbocycles. The van der Waals surface area contributed by atoms with Gasteiger partial charge in [0.2, 0.25) is 0 Å². The van der Waals surface area contributed by atoms with Gasteiger partial charge in [0.15, 0.2) is 0 Å². The molecule has 0 spiro atoms. The van der Waals surface area contributed by atoms with Crippen LogP contribution in [0.4, 0.5) is 0 Å². The molecule has 0 radical (unpaired) electrons. The highest BCUT2D eigenvalue weighted by Crippen LogP contribution is 1.97. The van der Waals surface area contributed by atoms with E-state index in [4.69, 9.17) is 5.11 Å². The first-order valence-corrected chi connectivity index (χ1v) is 3.53. The number of hydrogen-bond donors (Lipinski definition) is 2. The van der Waals surface area contributed by atoms with Crippen LogP contribution in [-0.2, 0) is 11.4 Å². The van der Waals surface area contributed by atoms with Crippen molar-refractivity contribution >= 4 is 5.91 Å². The fourth-order valence-electron chi connectivity index (χ4n) is 0.753. The molecular weight excluding hydrogens is 174 g/mol. The van der Waals surface area contributed by atoms with Gasteiger partial charge in [-0.1, -0.05) is 0 Å². The van der Waals surface area contributed by atoms with Crippen LogP contribution in [-0.4, -0.2) is 28.1 Å². The lowest BCUT2D eigenvalue weighted by atomic mass is 10.3. The molecule has 0 aliphatic rings. The predicted molar refractivity (Wildman–Crippen MR) is 42.4 cm³/mol. The van der Waals surface area contributed by atoms with E-state index in [1.807, 2.05) is 0 Å². The number of hydrogen-bond acceptors (Lipinski definition) is 5. The molecule has 0 unspecified atom stereocenters. The molecule has 0 fully saturated rings. The second kappa shape index (κ2) is 4.48. The molecule has 6 heteroatoms. The van der Waals surface area contributed by atoms with Gasteiger partial charge >= 0.3 is 0 Å². The zero-order valence-corrected chi connectivity index (χ0v) is 7.02. The molecular formula is C7H9N3O3. The van der Waals surface area contributed by atoms with Gasteiger partial charge in [0, 0.05) is 0 Å². The number of carbonyl (C=O) groups is 1. The van der Waals surface area contributed by atoms with E-state index in [1.165, 1.54) is 19.5 Å². The van der Waals surface area contributed by atoms with E-state index in [1.54, 1.807) is 0 Å². The van der Waals surface area contributed by atoms with Gasteiger partial charge in [-0.3, -0.25) is 9.63 Å². The second-order valence-electron chi connectivity index (χ2n) is 2.19. The average molecular weight is 183 g/mol. The summed E-state index contributed by atoms with van der Waals surface area (Å²) in [6, 6.07) is 1.38. The van der Waals surface area contributed by atoms with Crippen molar-refractivity contribution in [2.45, 2.75) is 6.61 Å². The maximum atomic E-state index is 11.1. The van der Waals surface area contributed by atoms with Gasteiger partial charge in [-0.2, -0.15) is 0 Å². The molecule has 0 aliphatic heterocycles. The van der Waals surface area contributed by atoms with Crippen LogP contribution in [0.25, 0.3) is 0 Å². The molecule has 0 saturated heterocycles. The molecule has 1 heterocycles. The lowest BCUT2D eigenvalue weighted by Crippen LogP contribution is -2.23. The maximum absolute atomic E-state index is 11.1. The van der Waals surface area contributed by atoms with Gasteiger partial charge < -0.3 is 5.11 Å². The molecule has 1 aromatic rings. The van der Waals surface area contributed by atoms with Crippen LogP contribution in [0.15, 0.2) is 12.4 Å². The van der Waals surface area contributed by atoms with Gasteiger partial charge in [0.1, 0.15) is 12.0 Å². The third-order valence-electron chi connectivity index (χ3n) is 1.31. The van der Waals surface area contributed by atoms with Crippen LogP contribution in [0.3, 0.4) is 0 Å². The van der Waals surface area contributed by atoms with E-state index >= 15 is 0 Å². The zero-order chi connectivity index (χ0) is 9.68. The van der Waals surface area contributed by atoms with Crippen molar-refractivity contribution in [3.05, 3.63) is 23.8 Å². The van der Waals surface area contributed by atoms with Gasteiger partial charge in [0.25, 0.3) is 5.91 Å². The third kappa shape index (κ3) is 2.46. The molecule has 1 aromatic heterocycles. The lowest BCUT2D eigenvalue weighted by Gasteiger charge is -2.01. The van der Waals surface area contributed by atoms with E-state index in [0.717, 1.165) is 0 Å². The topological polar surface area (TPSA) is 84.3 Å². The summed E-state index contributed by atoms with van der Waals surface area (Å²) in [6.45, 7) is -0.226. The average Bonchev–Trinajstić information content (AvgIpc) is 2.18. The van der Waals surface area contributed by atoms with Gasteiger partial charge in [-0.25, -0.2) is 15.4 Å². The zero-order valence-electron chi connectivity index (χ0n) is 7.02. The molecule has 1 rings (SSSR count). The molecule has 0 bridgehead atoms. The molecule has 0 aromatic carbocycles. The Hall–Kier alpha value is -1.53. The number of aliphatic hydroxyl groups excluding tert-OH is 1. The predicted octanol–water partition coefficient (Wildman–Crippen LogP) is -0.740. The summed E-state index contributed by atoms with van der Waals surface area (Å²) in [7, 11) is 1.33. The van der Waals surface area contributed by atoms with Crippen molar-refractivity contribution in [3.8, 4) is 0 Å². The number of nitrogens with one attached hydrogen (secondary N) is 1. The summed E-state index contributed by atoms with van der Waals surface area (Å²) in [5.74, 6) is -0.473. The summed E-state index contributed by atoms with van der Waals surface area (Å²) in [5.41, 5.74) is 2.64. The Kier molecular flexibility index (Phi) is 3.30. The van der Waals surface area contributed by atoms with Crippen molar-refractivity contribution in [1.29, 1.82) is 0 Å². The number of rotatable bonds is 3. The quantitative estimate of drug-likeness (QED) is 0.603. The fourth-order valence-corrected chi connectivity index (χ4v) is 0.753. The normalized spacial score (nSPS) is 9.69. The lowest BCUT2D eigenvalue weighted by molar-refractivity contribution is 0.0532. The van der Waals surface area contributed by atoms with Crippen LogP contribution in [0.1, 0.15) is 16.2 Å². The summed E-state index contributed by atoms with van der Waals surface area (Å²) in [4.78, 5) is 22.9. The molecule has 0 saturated carbocycles. The van der Waals surface area contributed by atoms with E-state index in [0.29, 0.717) is 5.69 Å². The molecule has 70 valence electrons. The second-order valence-corrected chi connectivity index (χ2v) is 2.19. The monoisotopic (exact) mass is 183 g/mol. The van der Waals surface area contributed by atoms with Crippen LogP contribution < -0.4 is 5.48 Å². The summed E-state index contributed by atoms with van der Waals surface area (Å²) < 4.78 is 0.